The summed E-state index contributed by atoms with van der Waals surface area (Å²) in [5, 5.41) is 8.69. The van der Waals surface area contributed by atoms with E-state index in [2.05, 4.69) is 6.92 Å². The van der Waals surface area contributed by atoms with Gasteiger partial charge in [-0.25, -0.2) is 0 Å². The predicted octanol–water partition coefficient (Wildman–Crippen LogP) is 1.75. The van der Waals surface area contributed by atoms with Crippen molar-refractivity contribution in [3.05, 3.63) is 0 Å². The van der Waals surface area contributed by atoms with Gasteiger partial charge in [-0.1, -0.05) is 27.2 Å². The highest BCUT2D eigenvalue weighted by Crippen LogP contribution is 2.59. The number of rotatable bonds is 2. The van der Waals surface area contributed by atoms with Crippen LogP contribution in [0, 0.1) is 17.3 Å². The number of hydrogen-bond acceptors (Lipinski definition) is 1. The number of hydrogen-bond donors (Lipinski definition) is 1. The number of carboxylic acids is 1. The predicted molar refractivity (Wildman–Crippen MR) is 38.7 cm³/mol. The average molecular weight is 142 g/mol. The molecule has 0 bridgehead atoms. The van der Waals surface area contributed by atoms with Crippen molar-refractivity contribution in [2.75, 3.05) is 0 Å². The molecule has 0 spiro atoms. The maximum absolute atomic E-state index is 10.5. The van der Waals surface area contributed by atoms with Crippen molar-refractivity contribution in [1.82, 2.24) is 0 Å². The maximum atomic E-state index is 10.5. The van der Waals surface area contributed by atoms with Gasteiger partial charge in [-0.2, -0.15) is 0 Å². The molecule has 0 aromatic rings. The first-order chi connectivity index (χ1) is 4.51. The van der Waals surface area contributed by atoms with Gasteiger partial charge in [0, 0.05) is 0 Å². The molecule has 10 heavy (non-hydrogen) atoms. The molecule has 1 aliphatic rings. The first-order valence-electron chi connectivity index (χ1n) is 3.74. The molecule has 2 heteroatoms. The third kappa shape index (κ3) is 0.825. The fourth-order valence-electron chi connectivity index (χ4n) is 2.00. The molecule has 0 aliphatic heterocycles. The molecule has 0 aromatic carbocycles. The molecule has 0 unspecified atom stereocenters. The molecular weight excluding hydrogens is 128 g/mol. The summed E-state index contributed by atoms with van der Waals surface area (Å²) >= 11 is 0. The van der Waals surface area contributed by atoms with Crippen LogP contribution in [-0.4, -0.2) is 11.1 Å². The molecule has 1 N–H and O–H groups in total. The molecule has 58 valence electrons. The molecule has 1 fully saturated rings. The quantitative estimate of drug-likeness (QED) is 0.637. The number of aliphatic carboxylic acids is 1. The van der Waals surface area contributed by atoms with Gasteiger partial charge in [0.25, 0.3) is 0 Å². The lowest BCUT2D eigenvalue weighted by molar-refractivity contribution is -0.139. The fraction of sp³-hybridized carbons (Fsp3) is 0.875. The van der Waals surface area contributed by atoms with Gasteiger partial charge in [-0.3, -0.25) is 4.79 Å². The van der Waals surface area contributed by atoms with Crippen LogP contribution in [0.5, 0.6) is 0 Å². The molecule has 0 heterocycles. The van der Waals surface area contributed by atoms with Gasteiger partial charge in [-0.05, 0) is 11.3 Å². The Kier molecular flexibility index (Phi) is 1.50. The third-order valence-electron chi connectivity index (χ3n) is 2.76. The number of carbonyl (C=O) groups is 1. The highest BCUT2D eigenvalue weighted by atomic mass is 16.4. The lowest BCUT2D eigenvalue weighted by atomic mass is 10.1. The van der Waals surface area contributed by atoms with E-state index in [4.69, 9.17) is 5.11 Å². The zero-order valence-corrected chi connectivity index (χ0v) is 6.72. The van der Waals surface area contributed by atoms with Crippen molar-refractivity contribution < 1.29 is 9.90 Å². The molecule has 1 saturated carbocycles. The van der Waals surface area contributed by atoms with Crippen LogP contribution in [-0.2, 0) is 4.79 Å². The van der Waals surface area contributed by atoms with E-state index in [-0.39, 0.29) is 11.3 Å². The summed E-state index contributed by atoms with van der Waals surface area (Å²) in [6.07, 6.45) is 0.990. The fourth-order valence-corrected chi connectivity index (χ4v) is 2.00. The van der Waals surface area contributed by atoms with Crippen LogP contribution in [0.25, 0.3) is 0 Å². The van der Waals surface area contributed by atoms with Crippen LogP contribution in [0.4, 0.5) is 0 Å². The Hall–Kier alpha value is -0.530. The summed E-state index contributed by atoms with van der Waals surface area (Å²) in [5.41, 5.74) is 0.0561. The zero-order valence-electron chi connectivity index (χ0n) is 6.72. The molecule has 0 saturated heterocycles. The second kappa shape index (κ2) is 1.97. The molecular formula is C8H14O2. The Morgan fingerprint density at radius 1 is 1.60 bits per heavy atom. The van der Waals surface area contributed by atoms with E-state index >= 15 is 0 Å². The van der Waals surface area contributed by atoms with Crippen molar-refractivity contribution in [3.63, 3.8) is 0 Å². The van der Waals surface area contributed by atoms with Crippen LogP contribution in [0.3, 0.4) is 0 Å². The molecule has 1 aliphatic carbocycles. The van der Waals surface area contributed by atoms with E-state index in [1.807, 2.05) is 13.8 Å². The van der Waals surface area contributed by atoms with E-state index in [9.17, 15) is 4.79 Å². The normalized spacial score (nSPS) is 35.5. The van der Waals surface area contributed by atoms with E-state index in [0.717, 1.165) is 6.42 Å². The second-order valence-electron chi connectivity index (χ2n) is 3.65. The highest BCUT2D eigenvalue weighted by molar-refractivity contribution is 5.75. The summed E-state index contributed by atoms with van der Waals surface area (Å²) in [5.74, 6) is -0.306. The van der Waals surface area contributed by atoms with Gasteiger partial charge in [0.2, 0.25) is 0 Å². The molecule has 2 atom stereocenters. The van der Waals surface area contributed by atoms with E-state index in [1.54, 1.807) is 0 Å². The van der Waals surface area contributed by atoms with Crippen molar-refractivity contribution in [3.8, 4) is 0 Å². The minimum atomic E-state index is -0.628. The van der Waals surface area contributed by atoms with Gasteiger partial charge in [0.1, 0.15) is 0 Å². The van der Waals surface area contributed by atoms with Crippen LogP contribution < -0.4 is 0 Å². The van der Waals surface area contributed by atoms with Crippen molar-refractivity contribution in [2.45, 2.75) is 27.2 Å². The Morgan fingerprint density at radius 2 is 2.10 bits per heavy atom. The van der Waals surface area contributed by atoms with Crippen LogP contribution in [0.15, 0.2) is 0 Å². The van der Waals surface area contributed by atoms with Gasteiger partial charge in [0.15, 0.2) is 0 Å². The van der Waals surface area contributed by atoms with Crippen molar-refractivity contribution in [1.29, 1.82) is 0 Å². The van der Waals surface area contributed by atoms with Gasteiger partial charge < -0.3 is 5.11 Å². The standard InChI is InChI=1S/C8H14O2/c1-4-5-6(7(9)10)8(5,2)3/h5-6H,4H2,1-3H3,(H,9,10)/t5-,6+/m1/s1. The summed E-state index contributed by atoms with van der Waals surface area (Å²) in [7, 11) is 0. The van der Waals surface area contributed by atoms with Crippen molar-refractivity contribution in [2.24, 2.45) is 17.3 Å². The maximum Gasteiger partial charge on any atom is 0.307 e. The molecule has 0 aromatic heterocycles. The Bertz CT molecular complexity index is 161. The monoisotopic (exact) mass is 142 g/mol. The highest BCUT2D eigenvalue weighted by Gasteiger charge is 2.60. The minimum Gasteiger partial charge on any atom is -0.481 e. The number of carboxylic acid groups (broad SMARTS) is 1. The lowest BCUT2D eigenvalue weighted by Crippen LogP contribution is -2.03. The SMILES string of the molecule is CC[C@@H]1[C@@H](C(=O)O)C1(C)C. The second-order valence-corrected chi connectivity index (χ2v) is 3.65. The zero-order chi connectivity index (χ0) is 7.94. The third-order valence-corrected chi connectivity index (χ3v) is 2.76. The van der Waals surface area contributed by atoms with Crippen LogP contribution in [0.2, 0.25) is 0 Å². The summed E-state index contributed by atoms with van der Waals surface area (Å²) in [6.45, 7) is 6.11. The summed E-state index contributed by atoms with van der Waals surface area (Å²) in [6, 6.07) is 0. The largest absolute Gasteiger partial charge is 0.481 e. The topological polar surface area (TPSA) is 37.3 Å². The molecule has 2 nitrogen and oxygen atoms in total. The first-order valence-corrected chi connectivity index (χ1v) is 3.74. The summed E-state index contributed by atoms with van der Waals surface area (Å²) in [4.78, 5) is 10.5. The Morgan fingerprint density at radius 3 is 2.20 bits per heavy atom. The smallest absolute Gasteiger partial charge is 0.307 e. The first kappa shape index (κ1) is 7.58. The van der Waals surface area contributed by atoms with Gasteiger partial charge in [0.05, 0.1) is 5.92 Å². The minimum absolute atomic E-state index is 0.0561. The molecule has 0 radical (unpaired) electrons. The van der Waals surface area contributed by atoms with Crippen LogP contribution >= 0.6 is 0 Å². The van der Waals surface area contributed by atoms with E-state index in [1.165, 1.54) is 0 Å². The van der Waals surface area contributed by atoms with E-state index in [0.29, 0.717) is 5.92 Å². The molecule has 0 amide bonds. The van der Waals surface area contributed by atoms with Gasteiger partial charge >= 0.3 is 5.97 Å². The summed E-state index contributed by atoms with van der Waals surface area (Å²) < 4.78 is 0. The molecule has 1 rings (SSSR count). The Labute approximate surface area is 61.2 Å². The average Bonchev–Trinajstić information content (AvgIpc) is 2.33. The Balaban J connectivity index is 2.61. The van der Waals surface area contributed by atoms with Crippen molar-refractivity contribution >= 4 is 5.97 Å². The van der Waals surface area contributed by atoms with Gasteiger partial charge in [-0.15, -0.1) is 0 Å². The van der Waals surface area contributed by atoms with E-state index < -0.39 is 5.97 Å². The van der Waals surface area contributed by atoms with Crippen LogP contribution in [0.1, 0.15) is 27.2 Å². The lowest BCUT2D eigenvalue weighted by Gasteiger charge is -1.96.